The first-order valence-corrected chi connectivity index (χ1v) is 9.54. The number of fused-ring (bicyclic) bond motifs is 1. The van der Waals surface area contributed by atoms with Gasteiger partial charge < -0.3 is 5.32 Å². The van der Waals surface area contributed by atoms with Gasteiger partial charge in [-0.05, 0) is 30.2 Å². The first-order valence-electron chi connectivity index (χ1n) is 8.73. The molecule has 0 unspecified atom stereocenters. The van der Waals surface area contributed by atoms with Crippen LogP contribution in [0.5, 0.6) is 0 Å². The Morgan fingerprint density at radius 3 is 2.62 bits per heavy atom. The third kappa shape index (κ3) is 3.66. The van der Waals surface area contributed by atoms with E-state index < -0.39 is 17.5 Å². The Balaban J connectivity index is 1.68. The minimum absolute atomic E-state index is 0.125. The Bertz CT molecular complexity index is 1280. The smallest absolute Gasteiger partial charge is 0.266 e. The SMILES string of the molecule is Cc1c(C(=O)Nc2ccc(F)c(F)c2)sc2ncn(Cc3ccccc3)c(=O)c12. The van der Waals surface area contributed by atoms with Gasteiger partial charge in [-0.2, -0.15) is 0 Å². The second-order valence-corrected chi connectivity index (χ2v) is 7.48. The van der Waals surface area contributed by atoms with Crippen molar-refractivity contribution in [2.75, 3.05) is 5.32 Å². The summed E-state index contributed by atoms with van der Waals surface area (Å²) in [6.07, 6.45) is 1.46. The van der Waals surface area contributed by atoms with Gasteiger partial charge >= 0.3 is 0 Å². The van der Waals surface area contributed by atoms with Crippen LogP contribution in [-0.2, 0) is 6.54 Å². The van der Waals surface area contributed by atoms with E-state index in [0.29, 0.717) is 27.2 Å². The number of nitrogens with zero attached hydrogens (tertiary/aromatic N) is 2. The Morgan fingerprint density at radius 1 is 1.14 bits per heavy atom. The molecule has 4 rings (SSSR count). The highest BCUT2D eigenvalue weighted by Crippen LogP contribution is 2.28. The molecule has 146 valence electrons. The fraction of sp³-hybridized carbons (Fsp3) is 0.0952. The number of carbonyl (C=O) groups excluding carboxylic acids is 1. The lowest BCUT2D eigenvalue weighted by Gasteiger charge is -2.06. The molecule has 29 heavy (non-hydrogen) atoms. The van der Waals surface area contributed by atoms with Crippen molar-refractivity contribution < 1.29 is 13.6 Å². The molecule has 0 bridgehead atoms. The molecule has 0 saturated heterocycles. The highest BCUT2D eigenvalue weighted by molar-refractivity contribution is 7.20. The lowest BCUT2D eigenvalue weighted by Crippen LogP contribution is -2.21. The standard InChI is InChI=1S/C21H15F2N3O2S/c1-12-17-20(24-11-26(21(17)28)10-13-5-3-2-4-6-13)29-18(12)19(27)25-14-7-8-15(22)16(23)9-14/h2-9,11H,10H2,1H3,(H,25,27). The van der Waals surface area contributed by atoms with Gasteiger partial charge in [-0.3, -0.25) is 14.2 Å². The average Bonchev–Trinajstić information content (AvgIpc) is 3.05. The van der Waals surface area contributed by atoms with Crippen LogP contribution in [0.4, 0.5) is 14.5 Å². The highest BCUT2D eigenvalue weighted by atomic mass is 32.1. The lowest BCUT2D eigenvalue weighted by atomic mass is 10.2. The van der Waals surface area contributed by atoms with Crippen molar-refractivity contribution in [3.05, 3.63) is 92.9 Å². The van der Waals surface area contributed by atoms with Crippen molar-refractivity contribution in [2.45, 2.75) is 13.5 Å². The quantitative estimate of drug-likeness (QED) is 0.543. The highest BCUT2D eigenvalue weighted by Gasteiger charge is 2.20. The number of amides is 1. The van der Waals surface area contributed by atoms with Crippen LogP contribution in [0.25, 0.3) is 10.2 Å². The van der Waals surface area contributed by atoms with Crippen molar-refractivity contribution in [1.82, 2.24) is 9.55 Å². The van der Waals surface area contributed by atoms with Gasteiger partial charge in [0.15, 0.2) is 11.6 Å². The third-order valence-electron chi connectivity index (χ3n) is 4.50. The van der Waals surface area contributed by atoms with Crippen molar-refractivity contribution in [3.8, 4) is 0 Å². The third-order valence-corrected chi connectivity index (χ3v) is 5.70. The van der Waals surface area contributed by atoms with Gasteiger partial charge in [0, 0.05) is 11.8 Å². The predicted molar refractivity (Wildman–Crippen MR) is 108 cm³/mol. The van der Waals surface area contributed by atoms with E-state index in [0.717, 1.165) is 29.0 Å². The fourth-order valence-corrected chi connectivity index (χ4v) is 4.06. The van der Waals surface area contributed by atoms with Crippen LogP contribution in [0.15, 0.2) is 59.7 Å². The van der Waals surface area contributed by atoms with Crippen LogP contribution >= 0.6 is 11.3 Å². The van der Waals surface area contributed by atoms with E-state index in [-0.39, 0.29) is 11.2 Å². The number of benzene rings is 2. The van der Waals surface area contributed by atoms with Crippen LogP contribution in [-0.4, -0.2) is 15.5 Å². The largest absolute Gasteiger partial charge is 0.321 e. The van der Waals surface area contributed by atoms with E-state index in [1.807, 2.05) is 30.3 Å². The molecule has 0 saturated carbocycles. The molecule has 0 atom stereocenters. The number of anilines is 1. The van der Waals surface area contributed by atoms with E-state index in [1.54, 1.807) is 6.92 Å². The Labute approximate surface area is 168 Å². The summed E-state index contributed by atoms with van der Waals surface area (Å²) >= 11 is 1.08. The number of nitrogens with one attached hydrogen (secondary N) is 1. The van der Waals surface area contributed by atoms with E-state index in [4.69, 9.17) is 0 Å². The Morgan fingerprint density at radius 2 is 1.90 bits per heavy atom. The maximum absolute atomic E-state index is 13.4. The molecule has 2 aromatic carbocycles. The Hall–Kier alpha value is -3.39. The second kappa shape index (κ2) is 7.56. The zero-order valence-corrected chi connectivity index (χ0v) is 16.1. The second-order valence-electron chi connectivity index (χ2n) is 6.48. The molecule has 2 aromatic heterocycles. The number of halogens is 2. The van der Waals surface area contributed by atoms with Crippen LogP contribution in [0.3, 0.4) is 0 Å². The topological polar surface area (TPSA) is 64.0 Å². The summed E-state index contributed by atoms with van der Waals surface area (Å²) in [6.45, 7) is 2.04. The molecule has 2 heterocycles. The molecule has 8 heteroatoms. The fourth-order valence-electron chi connectivity index (χ4n) is 3.03. The van der Waals surface area contributed by atoms with Gasteiger partial charge in [0.1, 0.15) is 4.83 Å². The molecule has 0 spiro atoms. The van der Waals surface area contributed by atoms with Gasteiger partial charge in [-0.25, -0.2) is 13.8 Å². The molecular formula is C21H15F2N3O2S. The summed E-state index contributed by atoms with van der Waals surface area (Å²) < 4.78 is 27.9. The molecule has 0 aliphatic rings. The number of carbonyl (C=O) groups is 1. The predicted octanol–water partition coefficient (Wildman–Crippen LogP) is 4.35. The van der Waals surface area contributed by atoms with E-state index in [1.165, 1.54) is 17.0 Å². The molecule has 1 N–H and O–H groups in total. The number of aryl methyl sites for hydroxylation is 1. The average molecular weight is 411 g/mol. The van der Waals surface area contributed by atoms with Crippen LogP contribution < -0.4 is 10.9 Å². The molecule has 0 aliphatic heterocycles. The minimum atomic E-state index is -1.05. The van der Waals surface area contributed by atoms with Crippen LogP contribution in [0, 0.1) is 18.6 Å². The molecule has 5 nitrogen and oxygen atoms in total. The number of hydrogen-bond acceptors (Lipinski definition) is 4. The monoisotopic (exact) mass is 411 g/mol. The number of hydrogen-bond donors (Lipinski definition) is 1. The normalized spacial score (nSPS) is 11.0. The maximum Gasteiger partial charge on any atom is 0.266 e. The first kappa shape index (κ1) is 18.9. The van der Waals surface area contributed by atoms with Crippen LogP contribution in [0.2, 0.25) is 0 Å². The minimum Gasteiger partial charge on any atom is -0.321 e. The van der Waals surface area contributed by atoms with Crippen molar-refractivity contribution >= 4 is 33.1 Å². The molecule has 0 radical (unpaired) electrons. The van der Waals surface area contributed by atoms with E-state index in [2.05, 4.69) is 10.3 Å². The molecular weight excluding hydrogens is 396 g/mol. The summed E-state index contributed by atoms with van der Waals surface area (Å²) in [4.78, 5) is 30.6. The molecule has 0 aliphatic carbocycles. The van der Waals surface area contributed by atoms with E-state index in [9.17, 15) is 18.4 Å². The van der Waals surface area contributed by atoms with Crippen molar-refractivity contribution in [1.29, 1.82) is 0 Å². The van der Waals surface area contributed by atoms with E-state index >= 15 is 0 Å². The summed E-state index contributed by atoms with van der Waals surface area (Å²) in [5, 5.41) is 2.91. The molecule has 4 aromatic rings. The molecule has 1 amide bonds. The summed E-state index contributed by atoms with van der Waals surface area (Å²) in [5.41, 5.74) is 1.35. The van der Waals surface area contributed by atoms with Crippen molar-refractivity contribution in [3.63, 3.8) is 0 Å². The van der Waals surface area contributed by atoms with Gasteiger partial charge in [0.2, 0.25) is 0 Å². The molecule has 0 fully saturated rings. The van der Waals surface area contributed by atoms with Crippen LogP contribution in [0.1, 0.15) is 20.8 Å². The summed E-state index contributed by atoms with van der Waals surface area (Å²) in [6, 6.07) is 12.6. The summed E-state index contributed by atoms with van der Waals surface area (Å²) in [7, 11) is 0. The zero-order valence-electron chi connectivity index (χ0n) is 15.3. The number of aromatic nitrogens is 2. The maximum atomic E-state index is 13.4. The van der Waals surface area contributed by atoms with Gasteiger partial charge in [0.05, 0.1) is 23.1 Å². The number of rotatable bonds is 4. The lowest BCUT2D eigenvalue weighted by molar-refractivity contribution is 0.103. The van der Waals surface area contributed by atoms with Gasteiger partial charge in [0.25, 0.3) is 11.5 Å². The zero-order chi connectivity index (χ0) is 20.5. The van der Waals surface area contributed by atoms with Crippen molar-refractivity contribution in [2.24, 2.45) is 0 Å². The summed E-state index contributed by atoms with van der Waals surface area (Å²) in [5.74, 6) is -2.56. The Kier molecular flexibility index (Phi) is 4.94. The number of thiophene rings is 1. The van der Waals surface area contributed by atoms with Gasteiger partial charge in [-0.15, -0.1) is 11.3 Å². The van der Waals surface area contributed by atoms with Gasteiger partial charge in [-0.1, -0.05) is 30.3 Å². The first-order chi connectivity index (χ1) is 13.9.